The number of methoxy groups -OCH3 is 2. The van der Waals surface area contributed by atoms with Crippen LogP contribution in [0.3, 0.4) is 0 Å². The van der Waals surface area contributed by atoms with Crippen LogP contribution in [0.5, 0.6) is 11.5 Å². The van der Waals surface area contributed by atoms with Crippen LogP contribution in [-0.4, -0.2) is 25.9 Å². The second-order valence-electron chi connectivity index (χ2n) is 4.51. The third kappa shape index (κ3) is 3.86. The van der Waals surface area contributed by atoms with Crippen molar-refractivity contribution in [3.05, 3.63) is 53.8 Å². The van der Waals surface area contributed by atoms with E-state index >= 15 is 0 Å². The number of halogens is 1. The molecule has 112 valence electrons. The Morgan fingerprint density at radius 1 is 1.10 bits per heavy atom. The Morgan fingerprint density at radius 2 is 1.81 bits per heavy atom. The molecule has 0 radical (unpaired) electrons. The third-order valence-corrected chi connectivity index (χ3v) is 3.14. The first-order chi connectivity index (χ1) is 10.1. The highest BCUT2D eigenvalue weighted by atomic mass is 19.1. The van der Waals surface area contributed by atoms with Gasteiger partial charge < -0.3 is 19.9 Å². The van der Waals surface area contributed by atoms with Crippen LogP contribution in [-0.2, 0) is 0 Å². The zero-order valence-electron chi connectivity index (χ0n) is 12.0. The van der Waals surface area contributed by atoms with E-state index in [1.165, 1.54) is 12.1 Å². The minimum absolute atomic E-state index is 0.273. The second-order valence-corrected chi connectivity index (χ2v) is 4.51. The van der Waals surface area contributed by atoms with E-state index in [1.54, 1.807) is 44.6 Å². The maximum absolute atomic E-state index is 12.8. The van der Waals surface area contributed by atoms with Gasteiger partial charge in [-0.1, -0.05) is 0 Å². The molecule has 0 bridgehead atoms. The summed E-state index contributed by atoms with van der Waals surface area (Å²) in [6.07, 6.45) is -0.778. The molecule has 1 unspecified atom stereocenters. The number of aliphatic hydroxyl groups excluding tert-OH is 1. The van der Waals surface area contributed by atoms with Crippen molar-refractivity contribution in [2.45, 2.75) is 6.10 Å². The molecule has 2 N–H and O–H groups in total. The SMILES string of the molecule is COc1ccc(OC)c(C(O)CNc2ccc(F)cc2)c1. The second kappa shape index (κ2) is 6.95. The Morgan fingerprint density at radius 3 is 2.43 bits per heavy atom. The standard InChI is InChI=1S/C16H18FNO3/c1-20-13-7-8-16(21-2)14(9-13)15(19)10-18-12-5-3-11(17)4-6-12/h3-9,15,18-19H,10H2,1-2H3. The van der Waals surface area contributed by atoms with Crippen LogP contribution >= 0.6 is 0 Å². The van der Waals surface area contributed by atoms with E-state index in [1.807, 2.05) is 0 Å². The molecule has 0 spiro atoms. The van der Waals surface area contributed by atoms with Crippen LogP contribution in [0.2, 0.25) is 0 Å². The highest BCUT2D eigenvalue weighted by Gasteiger charge is 2.14. The van der Waals surface area contributed by atoms with E-state index in [9.17, 15) is 9.50 Å². The van der Waals surface area contributed by atoms with Gasteiger partial charge in [-0.05, 0) is 42.5 Å². The molecule has 1 atom stereocenters. The third-order valence-electron chi connectivity index (χ3n) is 3.14. The molecular weight excluding hydrogens is 273 g/mol. The summed E-state index contributed by atoms with van der Waals surface area (Å²) in [6, 6.07) is 11.2. The Labute approximate surface area is 123 Å². The first-order valence-corrected chi connectivity index (χ1v) is 6.53. The minimum Gasteiger partial charge on any atom is -0.497 e. The smallest absolute Gasteiger partial charge is 0.124 e. The summed E-state index contributed by atoms with van der Waals surface area (Å²) < 4.78 is 23.2. The van der Waals surface area contributed by atoms with E-state index in [4.69, 9.17) is 9.47 Å². The fourth-order valence-electron chi connectivity index (χ4n) is 1.99. The summed E-state index contributed by atoms with van der Waals surface area (Å²) in [5.41, 5.74) is 1.36. The van der Waals surface area contributed by atoms with Gasteiger partial charge in [-0.15, -0.1) is 0 Å². The molecule has 0 aliphatic heterocycles. The number of hydrogen-bond acceptors (Lipinski definition) is 4. The summed E-state index contributed by atoms with van der Waals surface area (Å²) >= 11 is 0. The lowest BCUT2D eigenvalue weighted by atomic mass is 10.1. The van der Waals surface area contributed by atoms with E-state index in [-0.39, 0.29) is 12.4 Å². The maximum Gasteiger partial charge on any atom is 0.124 e. The van der Waals surface area contributed by atoms with Gasteiger partial charge in [0.1, 0.15) is 17.3 Å². The van der Waals surface area contributed by atoms with Crippen LogP contribution in [0, 0.1) is 5.82 Å². The fraction of sp³-hybridized carbons (Fsp3) is 0.250. The zero-order valence-corrected chi connectivity index (χ0v) is 12.0. The van der Waals surface area contributed by atoms with Crippen LogP contribution in [0.15, 0.2) is 42.5 Å². The van der Waals surface area contributed by atoms with Crippen LogP contribution in [0.1, 0.15) is 11.7 Å². The Bertz CT molecular complexity index is 587. The van der Waals surface area contributed by atoms with Gasteiger partial charge in [-0.25, -0.2) is 4.39 Å². The molecule has 0 heterocycles. The van der Waals surface area contributed by atoms with Crippen molar-refractivity contribution in [3.8, 4) is 11.5 Å². The van der Waals surface area contributed by atoms with E-state index in [0.29, 0.717) is 17.1 Å². The summed E-state index contributed by atoms with van der Waals surface area (Å²) in [5, 5.41) is 13.3. The number of rotatable bonds is 6. The molecule has 4 nitrogen and oxygen atoms in total. The van der Waals surface area contributed by atoms with Crippen molar-refractivity contribution in [1.29, 1.82) is 0 Å². The van der Waals surface area contributed by atoms with Gasteiger partial charge in [-0.3, -0.25) is 0 Å². The lowest BCUT2D eigenvalue weighted by Crippen LogP contribution is -2.13. The number of hydrogen-bond donors (Lipinski definition) is 2. The molecule has 21 heavy (non-hydrogen) atoms. The molecule has 5 heteroatoms. The van der Waals surface area contributed by atoms with Gasteiger partial charge in [0.05, 0.1) is 20.3 Å². The molecule has 0 aliphatic carbocycles. The largest absolute Gasteiger partial charge is 0.497 e. The quantitative estimate of drug-likeness (QED) is 0.859. The lowest BCUT2D eigenvalue weighted by Gasteiger charge is -2.17. The van der Waals surface area contributed by atoms with Crippen molar-refractivity contribution >= 4 is 5.69 Å². The number of benzene rings is 2. The van der Waals surface area contributed by atoms with E-state index < -0.39 is 6.10 Å². The highest BCUT2D eigenvalue weighted by Crippen LogP contribution is 2.29. The number of nitrogens with one attached hydrogen (secondary N) is 1. The van der Waals surface area contributed by atoms with Crippen LogP contribution < -0.4 is 14.8 Å². The van der Waals surface area contributed by atoms with Crippen LogP contribution in [0.4, 0.5) is 10.1 Å². The molecular formula is C16H18FNO3. The molecule has 0 amide bonds. The molecule has 0 fully saturated rings. The summed E-state index contributed by atoms with van der Waals surface area (Å²) in [5.74, 6) is 0.936. The van der Waals surface area contributed by atoms with E-state index in [2.05, 4.69) is 5.32 Å². The Hall–Kier alpha value is -2.27. The number of ether oxygens (including phenoxy) is 2. The van der Waals surface area contributed by atoms with Gasteiger partial charge in [0.15, 0.2) is 0 Å². The summed E-state index contributed by atoms with van der Waals surface area (Å²) in [4.78, 5) is 0. The topological polar surface area (TPSA) is 50.7 Å². The molecule has 0 saturated carbocycles. The first kappa shape index (κ1) is 15.1. The predicted molar refractivity (Wildman–Crippen MR) is 79.4 cm³/mol. The monoisotopic (exact) mass is 291 g/mol. The van der Waals surface area contributed by atoms with E-state index in [0.717, 1.165) is 5.69 Å². The fourth-order valence-corrected chi connectivity index (χ4v) is 1.99. The number of anilines is 1. The van der Waals surface area contributed by atoms with Crippen molar-refractivity contribution in [2.24, 2.45) is 0 Å². The lowest BCUT2D eigenvalue weighted by molar-refractivity contribution is 0.186. The Kier molecular flexibility index (Phi) is 5.00. The summed E-state index contributed by atoms with van der Waals surface area (Å²) in [6.45, 7) is 0.273. The Balaban J connectivity index is 2.08. The molecule has 0 saturated heterocycles. The average molecular weight is 291 g/mol. The molecule has 0 aliphatic rings. The minimum atomic E-state index is -0.778. The van der Waals surface area contributed by atoms with Gasteiger partial charge in [0.25, 0.3) is 0 Å². The predicted octanol–water partition coefficient (Wildman–Crippen LogP) is 2.99. The van der Waals surface area contributed by atoms with Crippen molar-refractivity contribution < 1.29 is 19.0 Å². The molecule has 2 rings (SSSR count). The number of aliphatic hydroxyl groups is 1. The molecule has 2 aromatic carbocycles. The molecule has 2 aromatic rings. The summed E-state index contributed by atoms with van der Waals surface area (Å²) in [7, 11) is 3.11. The first-order valence-electron chi connectivity index (χ1n) is 6.53. The normalized spacial score (nSPS) is 11.8. The van der Waals surface area contributed by atoms with Crippen molar-refractivity contribution in [2.75, 3.05) is 26.1 Å². The van der Waals surface area contributed by atoms with Gasteiger partial charge in [-0.2, -0.15) is 0 Å². The van der Waals surface area contributed by atoms with Gasteiger partial charge >= 0.3 is 0 Å². The molecule has 0 aromatic heterocycles. The van der Waals surface area contributed by atoms with Crippen molar-refractivity contribution in [1.82, 2.24) is 0 Å². The average Bonchev–Trinajstić information content (AvgIpc) is 2.53. The zero-order chi connectivity index (χ0) is 15.2. The maximum atomic E-state index is 12.8. The van der Waals surface area contributed by atoms with Crippen molar-refractivity contribution in [3.63, 3.8) is 0 Å². The van der Waals surface area contributed by atoms with Gasteiger partial charge in [0.2, 0.25) is 0 Å². The van der Waals surface area contributed by atoms with Gasteiger partial charge in [0, 0.05) is 17.8 Å². The highest BCUT2D eigenvalue weighted by molar-refractivity contribution is 5.45. The van der Waals surface area contributed by atoms with Crippen LogP contribution in [0.25, 0.3) is 0 Å².